The molecule has 1 saturated carbocycles. The van der Waals surface area contributed by atoms with Crippen LogP contribution in [0.2, 0.25) is 0 Å². The van der Waals surface area contributed by atoms with E-state index >= 15 is 0 Å². The second kappa shape index (κ2) is 9.71. The third-order valence-electron chi connectivity index (χ3n) is 5.15. The van der Waals surface area contributed by atoms with Gasteiger partial charge in [-0.3, -0.25) is 14.5 Å². The maximum absolute atomic E-state index is 12.1. The molecule has 0 unspecified atom stereocenters. The largest absolute Gasteiger partial charge is 0.481 e. The summed E-state index contributed by atoms with van der Waals surface area (Å²) in [5, 5.41) is 9.12. The highest BCUT2D eigenvalue weighted by molar-refractivity contribution is 5.92. The molecular weight excluding hydrogens is 314 g/mol. The van der Waals surface area contributed by atoms with Gasteiger partial charge < -0.3 is 5.11 Å². The summed E-state index contributed by atoms with van der Waals surface area (Å²) in [6.45, 7) is 7.63. The number of carbonyl (C=O) groups excluding carboxylic acids is 1. The third-order valence-corrected chi connectivity index (χ3v) is 5.15. The first kappa shape index (κ1) is 19.6. The summed E-state index contributed by atoms with van der Waals surface area (Å²) in [4.78, 5) is 25.7. The van der Waals surface area contributed by atoms with Gasteiger partial charge in [-0.25, -0.2) is 0 Å². The number of nitrogens with zero attached hydrogens (tertiary/aromatic N) is 1. The molecule has 1 aliphatic rings. The molecule has 2 rings (SSSR count). The Morgan fingerprint density at radius 3 is 2.20 bits per heavy atom. The van der Waals surface area contributed by atoms with Crippen molar-refractivity contribution in [1.29, 1.82) is 0 Å². The fourth-order valence-corrected chi connectivity index (χ4v) is 3.54. The molecule has 0 saturated heterocycles. The fourth-order valence-electron chi connectivity index (χ4n) is 3.54. The molecule has 1 fully saturated rings. The first-order valence-electron chi connectivity index (χ1n) is 9.61. The Balaban J connectivity index is 1.98. The molecule has 25 heavy (non-hydrogen) atoms. The summed E-state index contributed by atoms with van der Waals surface area (Å²) < 4.78 is 0. The number of aliphatic carboxylic acids is 1. The van der Waals surface area contributed by atoms with Gasteiger partial charge >= 0.3 is 5.97 Å². The van der Waals surface area contributed by atoms with Gasteiger partial charge in [0.2, 0.25) is 0 Å². The highest BCUT2D eigenvalue weighted by Crippen LogP contribution is 2.35. The van der Waals surface area contributed by atoms with E-state index in [0.717, 1.165) is 25.2 Å². The van der Waals surface area contributed by atoms with E-state index in [4.69, 9.17) is 5.11 Å². The van der Waals surface area contributed by atoms with Crippen LogP contribution in [0.4, 0.5) is 0 Å². The van der Waals surface area contributed by atoms with Crippen LogP contribution < -0.4 is 0 Å². The van der Waals surface area contributed by atoms with Crippen LogP contribution in [0.1, 0.15) is 69.4 Å². The molecule has 1 N–H and O–H groups in total. The van der Waals surface area contributed by atoms with Crippen LogP contribution in [0.5, 0.6) is 0 Å². The van der Waals surface area contributed by atoms with Crippen LogP contribution in [0.25, 0.3) is 0 Å². The number of carboxylic acid groups (broad SMARTS) is 1. The van der Waals surface area contributed by atoms with Crippen molar-refractivity contribution in [3.05, 3.63) is 35.4 Å². The van der Waals surface area contributed by atoms with E-state index in [0.29, 0.717) is 6.42 Å². The van der Waals surface area contributed by atoms with Gasteiger partial charge in [0.1, 0.15) is 5.78 Å². The Labute approximate surface area is 151 Å². The zero-order chi connectivity index (χ0) is 18.2. The number of Topliss-reactive ketones (excluding diaryl/α,β-unsaturated/α-hetero) is 1. The van der Waals surface area contributed by atoms with Gasteiger partial charge in [0.15, 0.2) is 0 Å². The molecule has 0 aromatic heterocycles. The van der Waals surface area contributed by atoms with Crippen molar-refractivity contribution in [1.82, 2.24) is 4.90 Å². The molecule has 0 heterocycles. The molecule has 0 aliphatic heterocycles. The van der Waals surface area contributed by atoms with Crippen LogP contribution in [0.15, 0.2) is 24.3 Å². The van der Waals surface area contributed by atoms with Crippen molar-refractivity contribution in [2.24, 2.45) is 5.92 Å². The molecule has 4 nitrogen and oxygen atoms in total. The predicted octanol–water partition coefficient (Wildman–Crippen LogP) is 4.24. The van der Waals surface area contributed by atoms with Crippen LogP contribution >= 0.6 is 0 Å². The summed E-state index contributed by atoms with van der Waals surface area (Å²) in [5.41, 5.74) is 2.22. The minimum atomic E-state index is -0.852. The summed E-state index contributed by atoms with van der Waals surface area (Å²) in [6, 6.07) is 8.23. The summed E-state index contributed by atoms with van der Waals surface area (Å²) in [5.74, 6) is -1.55. The normalized spacial score (nSPS) is 20.4. The van der Waals surface area contributed by atoms with Crippen molar-refractivity contribution in [3.8, 4) is 0 Å². The van der Waals surface area contributed by atoms with Crippen molar-refractivity contribution in [2.75, 3.05) is 13.1 Å². The van der Waals surface area contributed by atoms with Crippen molar-refractivity contribution < 1.29 is 14.7 Å². The first-order chi connectivity index (χ1) is 12.0. The zero-order valence-electron chi connectivity index (χ0n) is 15.5. The zero-order valence-corrected chi connectivity index (χ0v) is 15.5. The van der Waals surface area contributed by atoms with E-state index in [1.807, 2.05) is 12.1 Å². The molecule has 0 spiro atoms. The van der Waals surface area contributed by atoms with Crippen molar-refractivity contribution in [3.63, 3.8) is 0 Å². The number of hydrogen-bond acceptors (Lipinski definition) is 3. The lowest BCUT2D eigenvalue weighted by Crippen LogP contribution is -2.25. The molecule has 0 amide bonds. The van der Waals surface area contributed by atoms with Gasteiger partial charge in [-0.1, -0.05) is 51.0 Å². The van der Waals surface area contributed by atoms with Crippen LogP contribution in [-0.4, -0.2) is 34.8 Å². The summed E-state index contributed by atoms with van der Waals surface area (Å²) in [7, 11) is 0. The first-order valence-corrected chi connectivity index (χ1v) is 9.61. The highest BCUT2D eigenvalue weighted by Gasteiger charge is 2.37. The van der Waals surface area contributed by atoms with E-state index in [9.17, 15) is 9.59 Å². The van der Waals surface area contributed by atoms with Crippen molar-refractivity contribution >= 4 is 11.8 Å². The molecule has 0 radical (unpaired) electrons. The quantitative estimate of drug-likeness (QED) is 0.689. The number of ketones is 1. The van der Waals surface area contributed by atoms with Crippen molar-refractivity contribution in [2.45, 2.75) is 64.8 Å². The Bertz CT molecular complexity index is 559. The SMILES string of the molecule is CCCCN(CCCC)Cc1ccc([C@H]2C[C@@H](C(=O)O)CC2=O)cc1. The van der Waals surface area contributed by atoms with E-state index in [2.05, 4.69) is 30.9 Å². The van der Waals surface area contributed by atoms with Crippen LogP contribution in [-0.2, 0) is 16.1 Å². The minimum Gasteiger partial charge on any atom is -0.481 e. The minimum absolute atomic E-state index is 0.0627. The molecule has 1 aliphatic carbocycles. The molecule has 1 aromatic rings. The van der Waals surface area contributed by atoms with E-state index < -0.39 is 11.9 Å². The Morgan fingerprint density at radius 1 is 1.12 bits per heavy atom. The van der Waals surface area contributed by atoms with E-state index in [1.54, 1.807) is 0 Å². The average Bonchev–Trinajstić information content (AvgIpc) is 3.00. The molecule has 0 bridgehead atoms. The smallest absolute Gasteiger partial charge is 0.306 e. The molecule has 1 aromatic carbocycles. The van der Waals surface area contributed by atoms with Gasteiger partial charge in [-0.05, 0) is 43.5 Å². The molecule has 4 heteroatoms. The second-order valence-corrected chi connectivity index (χ2v) is 7.22. The lowest BCUT2D eigenvalue weighted by molar-refractivity contribution is -0.142. The summed E-state index contributed by atoms with van der Waals surface area (Å²) in [6.07, 6.45) is 5.45. The lowest BCUT2D eigenvalue weighted by Gasteiger charge is -2.22. The van der Waals surface area contributed by atoms with Gasteiger partial charge in [0.25, 0.3) is 0 Å². The summed E-state index contributed by atoms with van der Waals surface area (Å²) >= 11 is 0. The Hall–Kier alpha value is -1.68. The number of unbranched alkanes of at least 4 members (excludes halogenated alkanes) is 2. The predicted molar refractivity (Wildman–Crippen MR) is 99.6 cm³/mol. The maximum Gasteiger partial charge on any atom is 0.306 e. The topological polar surface area (TPSA) is 57.6 Å². The molecule has 138 valence electrons. The van der Waals surface area contributed by atoms with Crippen LogP contribution in [0, 0.1) is 5.92 Å². The number of carbonyl (C=O) groups is 2. The Kier molecular flexibility index (Phi) is 7.63. The standard InChI is InChI=1S/C21H31NO3/c1-3-5-11-22(12-6-4-2)15-16-7-9-17(10-8-16)19-13-18(21(24)25)14-20(19)23/h7-10,18-19H,3-6,11-15H2,1-2H3,(H,24,25)/t18-,19-/m1/s1. The monoisotopic (exact) mass is 345 g/mol. The van der Waals surface area contributed by atoms with E-state index in [1.165, 1.54) is 31.2 Å². The maximum atomic E-state index is 12.1. The number of rotatable bonds is 10. The van der Waals surface area contributed by atoms with Crippen LogP contribution in [0.3, 0.4) is 0 Å². The number of hydrogen-bond donors (Lipinski definition) is 1. The molecular formula is C21H31NO3. The highest BCUT2D eigenvalue weighted by atomic mass is 16.4. The number of benzene rings is 1. The van der Waals surface area contributed by atoms with Gasteiger partial charge in [-0.15, -0.1) is 0 Å². The van der Waals surface area contributed by atoms with Gasteiger partial charge in [0, 0.05) is 18.9 Å². The third kappa shape index (κ3) is 5.67. The second-order valence-electron chi connectivity index (χ2n) is 7.22. The average molecular weight is 345 g/mol. The molecule has 2 atom stereocenters. The number of carboxylic acids is 1. The lowest BCUT2D eigenvalue weighted by atomic mass is 9.94. The van der Waals surface area contributed by atoms with Gasteiger partial charge in [0.05, 0.1) is 5.92 Å². The van der Waals surface area contributed by atoms with Gasteiger partial charge in [-0.2, -0.15) is 0 Å². The Morgan fingerprint density at radius 2 is 1.72 bits per heavy atom. The fraction of sp³-hybridized carbons (Fsp3) is 0.619. The van der Waals surface area contributed by atoms with E-state index in [-0.39, 0.29) is 18.1 Å².